The smallest absolute Gasteiger partial charge is 0.136 e. The molecule has 0 aliphatic carbocycles. The largest absolute Gasteiger partial charge is 0.497 e. The van der Waals surface area contributed by atoms with Gasteiger partial charge >= 0.3 is 0 Å². The van der Waals surface area contributed by atoms with Gasteiger partial charge in [0, 0.05) is 18.6 Å². The van der Waals surface area contributed by atoms with Crippen molar-refractivity contribution in [2.45, 2.75) is 6.42 Å². The SMILES string of the molecule is COc1ccc(-n2ncc(CCO)c2Cl)cc1. The summed E-state index contributed by atoms with van der Waals surface area (Å²) < 4.78 is 6.71. The number of hydrogen-bond donors (Lipinski definition) is 1. The second kappa shape index (κ2) is 5.21. The summed E-state index contributed by atoms with van der Waals surface area (Å²) in [6.07, 6.45) is 2.18. The standard InChI is InChI=1S/C12H13ClN2O2/c1-17-11-4-2-10(3-5-11)15-12(13)9(6-7-16)8-14-15/h2-5,8,16H,6-7H2,1H3. The molecule has 1 N–H and O–H groups in total. The molecule has 5 heteroatoms. The average Bonchev–Trinajstić information content (AvgIpc) is 2.72. The van der Waals surface area contributed by atoms with Crippen molar-refractivity contribution in [2.24, 2.45) is 0 Å². The van der Waals surface area contributed by atoms with Crippen LogP contribution < -0.4 is 4.74 Å². The van der Waals surface area contributed by atoms with E-state index >= 15 is 0 Å². The maximum absolute atomic E-state index is 8.88. The second-order valence-electron chi connectivity index (χ2n) is 3.54. The topological polar surface area (TPSA) is 47.3 Å². The molecule has 1 aromatic heterocycles. The van der Waals surface area contributed by atoms with Gasteiger partial charge in [-0.05, 0) is 24.3 Å². The first-order valence-electron chi connectivity index (χ1n) is 5.24. The van der Waals surface area contributed by atoms with E-state index in [1.807, 2.05) is 24.3 Å². The molecule has 0 unspecified atom stereocenters. The van der Waals surface area contributed by atoms with Crippen molar-refractivity contribution in [3.63, 3.8) is 0 Å². The molecule has 0 bridgehead atoms. The monoisotopic (exact) mass is 252 g/mol. The van der Waals surface area contributed by atoms with Crippen LogP contribution in [0.25, 0.3) is 5.69 Å². The molecule has 0 atom stereocenters. The van der Waals surface area contributed by atoms with E-state index in [4.69, 9.17) is 21.4 Å². The summed E-state index contributed by atoms with van der Waals surface area (Å²) in [4.78, 5) is 0. The molecule has 0 aliphatic heterocycles. The second-order valence-corrected chi connectivity index (χ2v) is 3.90. The summed E-state index contributed by atoms with van der Waals surface area (Å²) >= 11 is 6.17. The summed E-state index contributed by atoms with van der Waals surface area (Å²) in [5, 5.41) is 13.6. The molecule has 0 spiro atoms. The molecule has 17 heavy (non-hydrogen) atoms. The van der Waals surface area contributed by atoms with E-state index in [2.05, 4.69) is 5.10 Å². The van der Waals surface area contributed by atoms with Gasteiger partial charge in [-0.1, -0.05) is 11.6 Å². The molecule has 4 nitrogen and oxygen atoms in total. The molecule has 0 saturated heterocycles. The van der Waals surface area contributed by atoms with Crippen molar-refractivity contribution in [3.05, 3.63) is 41.2 Å². The highest BCUT2D eigenvalue weighted by Gasteiger charge is 2.09. The van der Waals surface area contributed by atoms with Gasteiger partial charge in [-0.3, -0.25) is 0 Å². The van der Waals surface area contributed by atoms with E-state index in [-0.39, 0.29) is 6.61 Å². The lowest BCUT2D eigenvalue weighted by atomic mass is 10.2. The molecule has 0 saturated carbocycles. The summed E-state index contributed by atoms with van der Waals surface area (Å²) in [5.74, 6) is 0.785. The fourth-order valence-electron chi connectivity index (χ4n) is 1.56. The lowest BCUT2D eigenvalue weighted by Crippen LogP contribution is -1.97. The number of aliphatic hydroxyl groups is 1. The van der Waals surface area contributed by atoms with E-state index in [1.54, 1.807) is 18.0 Å². The van der Waals surface area contributed by atoms with Crippen LogP contribution >= 0.6 is 11.6 Å². The van der Waals surface area contributed by atoms with Crippen LogP contribution in [0.15, 0.2) is 30.5 Å². The predicted molar refractivity (Wildman–Crippen MR) is 65.9 cm³/mol. The van der Waals surface area contributed by atoms with Gasteiger partial charge in [-0.2, -0.15) is 5.10 Å². The van der Waals surface area contributed by atoms with Crippen molar-refractivity contribution in [2.75, 3.05) is 13.7 Å². The predicted octanol–water partition coefficient (Wildman–Crippen LogP) is 2.07. The van der Waals surface area contributed by atoms with Crippen LogP contribution in [0, 0.1) is 0 Å². The number of ether oxygens (including phenoxy) is 1. The Hall–Kier alpha value is -1.52. The van der Waals surface area contributed by atoms with Crippen LogP contribution in [0.2, 0.25) is 5.15 Å². The van der Waals surface area contributed by atoms with Crippen LogP contribution in [0.1, 0.15) is 5.56 Å². The fraction of sp³-hybridized carbons (Fsp3) is 0.250. The summed E-state index contributed by atoms with van der Waals surface area (Å²) in [7, 11) is 1.62. The molecule has 1 heterocycles. The van der Waals surface area contributed by atoms with Gasteiger partial charge in [-0.15, -0.1) is 0 Å². The van der Waals surface area contributed by atoms with Crippen molar-refractivity contribution in [1.82, 2.24) is 9.78 Å². The minimum Gasteiger partial charge on any atom is -0.497 e. The number of nitrogens with zero attached hydrogens (tertiary/aromatic N) is 2. The van der Waals surface area contributed by atoms with Crippen LogP contribution in [0.4, 0.5) is 0 Å². The van der Waals surface area contributed by atoms with Crippen molar-refractivity contribution < 1.29 is 9.84 Å². The number of hydrogen-bond acceptors (Lipinski definition) is 3. The molecular weight excluding hydrogens is 240 g/mol. The minimum absolute atomic E-state index is 0.0635. The molecule has 2 rings (SSSR count). The normalized spacial score (nSPS) is 10.5. The van der Waals surface area contributed by atoms with Gasteiger partial charge in [-0.25, -0.2) is 4.68 Å². The zero-order chi connectivity index (χ0) is 12.3. The van der Waals surface area contributed by atoms with Crippen LogP contribution in [-0.2, 0) is 6.42 Å². The van der Waals surface area contributed by atoms with E-state index in [1.165, 1.54) is 0 Å². The van der Waals surface area contributed by atoms with E-state index in [0.29, 0.717) is 11.6 Å². The third-order valence-corrected chi connectivity index (χ3v) is 2.88. The fourth-order valence-corrected chi connectivity index (χ4v) is 1.84. The molecule has 0 amide bonds. The van der Waals surface area contributed by atoms with Crippen LogP contribution in [0.3, 0.4) is 0 Å². The van der Waals surface area contributed by atoms with Crippen molar-refractivity contribution in [1.29, 1.82) is 0 Å². The Balaban J connectivity index is 2.32. The Kier molecular flexibility index (Phi) is 3.66. The Labute approximate surface area is 104 Å². The Morgan fingerprint density at radius 3 is 2.65 bits per heavy atom. The number of halogens is 1. The maximum Gasteiger partial charge on any atom is 0.136 e. The van der Waals surface area contributed by atoms with Gasteiger partial charge in [0.25, 0.3) is 0 Å². The van der Waals surface area contributed by atoms with Gasteiger partial charge in [0.15, 0.2) is 0 Å². The third-order valence-electron chi connectivity index (χ3n) is 2.48. The third kappa shape index (κ3) is 2.43. The van der Waals surface area contributed by atoms with Crippen LogP contribution in [-0.4, -0.2) is 28.6 Å². The minimum atomic E-state index is 0.0635. The molecular formula is C12H13ClN2O2. The van der Waals surface area contributed by atoms with E-state index in [0.717, 1.165) is 17.0 Å². The van der Waals surface area contributed by atoms with Crippen molar-refractivity contribution in [3.8, 4) is 11.4 Å². The first kappa shape index (κ1) is 12.0. The van der Waals surface area contributed by atoms with Crippen LogP contribution in [0.5, 0.6) is 5.75 Å². The molecule has 0 radical (unpaired) electrons. The molecule has 90 valence electrons. The summed E-state index contributed by atoms with van der Waals surface area (Å²) in [6, 6.07) is 7.44. The number of aromatic nitrogens is 2. The number of aliphatic hydroxyl groups excluding tert-OH is 1. The van der Waals surface area contributed by atoms with E-state index in [9.17, 15) is 0 Å². The Bertz CT molecular complexity index is 494. The zero-order valence-electron chi connectivity index (χ0n) is 9.43. The first-order chi connectivity index (χ1) is 8.26. The number of methoxy groups -OCH3 is 1. The summed E-state index contributed by atoms with van der Waals surface area (Å²) in [6.45, 7) is 0.0635. The zero-order valence-corrected chi connectivity index (χ0v) is 10.2. The molecule has 0 fully saturated rings. The average molecular weight is 253 g/mol. The lowest BCUT2D eigenvalue weighted by Gasteiger charge is -2.05. The highest BCUT2D eigenvalue weighted by molar-refractivity contribution is 6.30. The Morgan fingerprint density at radius 1 is 1.35 bits per heavy atom. The number of benzene rings is 1. The van der Waals surface area contributed by atoms with Gasteiger partial charge in [0.05, 0.1) is 19.0 Å². The quantitative estimate of drug-likeness (QED) is 0.906. The first-order valence-corrected chi connectivity index (χ1v) is 5.61. The van der Waals surface area contributed by atoms with Gasteiger partial charge in [0.2, 0.25) is 0 Å². The van der Waals surface area contributed by atoms with E-state index < -0.39 is 0 Å². The summed E-state index contributed by atoms with van der Waals surface area (Å²) in [5.41, 5.74) is 1.70. The highest BCUT2D eigenvalue weighted by atomic mass is 35.5. The lowest BCUT2D eigenvalue weighted by molar-refractivity contribution is 0.299. The maximum atomic E-state index is 8.88. The highest BCUT2D eigenvalue weighted by Crippen LogP contribution is 2.22. The van der Waals surface area contributed by atoms with Gasteiger partial charge < -0.3 is 9.84 Å². The Morgan fingerprint density at radius 2 is 2.06 bits per heavy atom. The van der Waals surface area contributed by atoms with Gasteiger partial charge in [0.1, 0.15) is 10.9 Å². The number of rotatable bonds is 4. The van der Waals surface area contributed by atoms with Crippen molar-refractivity contribution >= 4 is 11.6 Å². The molecule has 0 aliphatic rings. The molecule has 1 aromatic carbocycles. The molecule has 2 aromatic rings.